The van der Waals surface area contributed by atoms with E-state index in [1.165, 1.54) is 0 Å². The van der Waals surface area contributed by atoms with Crippen molar-refractivity contribution in [2.75, 3.05) is 6.61 Å². The molecule has 1 heterocycles. The van der Waals surface area contributed by atoms with Crippen molar-refractivity contribution < 1.29 is 42.4 Å². The number of oxime groups is 1. The second-order valence-electron chi connectivity index (χ2n) is 4.16. The van der Waals surface area contributed by atoms with Gasteiger partial charge in [-0.2, -0.15) is 8.42 Å². The summed E-state index contributed by atoms with van der Waals surface area (Å²) < 4.78 is 38.3. The number of hydrogen-bond donors (Lipinski definition) is 5. The molecule has 1 rings (SSSR count). The maximum atomic E-state index is 10.4. The molecule has 1 saturated heterocycles. The summed E-state index contributed by atoms with van der Waals surface area (Å²) in [6.07, 6.45) is -5.42. The van der Waals surface area contributed by atoms with Gasteiger partial charge in [0.15, 0.2) is 0 Å². The van der Waals surface area contributed by atoms with Gasteiger partial charge < -0.3 is 25.2 Å². The third kappa shape index (κ3) is 5.34. The normalized spacial score (nSPS) is 34.8. The summed E-state index contributed by atoms with van der Waals surface area (Å²) in [6.45, 7) is 1.02. The van der Waals surface area contributed by atoms with E-state index < -0.39 is 46.9 Å². The molecule has 0 aromatic carbocycles. The van der Waals surface area contributed by atoms with Crippen molar-refractivity contribution >= 4 is 27.2 Å². The Balaban J connectivity index is 2.79. The van der Waals surface area contributed by atoms with E-state index in [-0.39, 0.29) is 11.5 Å². The Bertz CT molecular complexity index is 466. The number of rotatable bonds is 5. The first kappa shape index (κ1) is 18.6. The SMILES string of the molecule is CCC(=NOS(=O)(=O)O)S[C@@H]1O[C@H](CO)[C@@H](O)[C@H](O)[C@H]1O. The smallest absolute Gasteiger partial charge is 0.394 e. The molecular weight excluding hydrogens is 330 g/mol. The Morgan fingerprint density at radius 1 is 1.29 bits per heavy atom. The minimum Gasteiger partial charge on any atom is -0.394 e. The lowest BCUT2D eigenvalue weighted by molar-refractivity contribution is -0.205. The molecule has 5 N–H and O–H groups in total. The van der Waals surface area contributed by atoms with Gasteiger partial charge in [0.1, 0.15) is 34.9 Å². The van der Waals surface area contributed by atoms with Gasteiger partial charge in [0.2, 0.25) is 0 Å². The number of hydrogen-bond acceptors (Lipinski definition) is 10. The van der Waals surface area contributed by atoms with Crippen molar-refractivity contribution in [3.05, 3.63) is 0 Å². The first-order valence-electron chi connectivity index (χ1n) is 5.89. The number of aliphatic hydroxyl groups excluding tert-OH is 4. The Hall–Kier alpha value is -0.470. The van der Waals surface area contributed by atoms with E-state index in [4.69, 9.17) is 14.4 Å². The van der Waals surface area contributed by atoms with E-state index in [1.807, 2.05) is 0 Å². The van der Waals surface area contributed by atoms with Crippen molar-refractivity contribution in [3.8, 4) is 0 Å². The van der Waals surface area contributed by atoms with Crippen LogP contribution in [-0.2, 0) is 19.4 Å². The second kappa shape index (κ2) is 7.69. The lowest BCUT2D eigenvalue weighted by atomic mass is 10.0. The standard InChI is InChI=1S/C9H17NO9S2/c1-2-5(10-19-21(15,16)17)20-9-8(14)7(13)6(12)4(3-11)18-9/h4,6-9,11-14H,2-3H2,1H3,(H,15,16,17)/t4-,6-,7+,8-,9+/m1/s1. The number of thioether (sulfide) groups is 1. The van der Waals surface area contributed by atoms with Gasteiger partial charge >= 0.3 is 10.4 Å². The minimum absolute atomic E-state index is 0.0527. The van der Waals surface area contributed by atoms with Crippen LogP contribution in [0, 0.1) is 0 Å². The number of aliphatic hydroxyl groups is 4. The molecule has 124 valence electrons. The van der Waals surface area contributed by atoms with E-state index in [2.05, 4.69) is 9.44 Å². The molecule has 1 fully saturated rings. The summed E-state index contributed by atoms with van der Waals surface area (Å²) in [4.78, 5) is 0. The van der Waals surface area contributed by atoms with Crippen LogP contribution in [0.3, 0.4) is 0 Å². The molecule has 0 spiro atoms. The summed E-state index contributed by atoms with van der Waals surface area (Å²) in [5, 5.41) is 41.3. The second-order valence-corrected chi connectivity index (χ2v) is 6.33. The van der Waals surface area contributed by atoms with Crippen LogP contribution in [0.5, 0.6) is 0 Å². The highest BCUT2D eigenvalue weighted by molar-refractivity contribution is 8.14. The lowest BCUT2D eigenvalue weighted by Crippen LogP contribution is -2.57. The summed E-state index contributed by atoms with van der Waals surface area (Å²) >= 11 is 0.734. The molecule has 0 aliphatic carbocycles. The summed E-state index contributed by atoms with van der Waals surface area (Å²) in [5.41, 5.74) is -1.11. The van der Waals surface area contributed by atoms with Gasteiger partial charge in [-0.05, 0) is 6.42 Å². The molecule has 0 bridgehead atoms. The van der Waals surface area contributed by atoms with Crippen molar-refractivity contribution in [3.63, 3.8) is 0 Å². The molecule has 1 aliphatic heterocycles. The fourth-order valence-corrected chi connectivity index (χ4v) is 2.80. The molecular formula is C9H17NO9S2. The zero-order chi connectivity index (χ0) is 16.2. The van der Waals surface area contributed by atoms with Crippen LogP contribution >= 0.6 is 11.8 Å². The minimum atomic E-state index is -4.75. The third-order valence-electron chi connectivity index (χ3n) is 2.64. The largest absolute Gasteiger partial charge is 0.466 e. The number of ether oxygens (including phenoxy) is 1. The van der Waals surface area contributed by atoms with Gasteiger partial charge in [0.05, 0.1) is 6.61 Å². The van der Waals surface area contributed by atoms with Crippen molar-refractivity contribution in [2.24, 2.45) is 5.16 Å². The Labute approximate surface area is 125 Å². The van der Waals surface area contributed by atoms with Crippen LogP contribution in [0.2, 0.25) is 0 Å². The fraction of sp³-hybridized carbons (Fsp3) is 0.889. The Kier molecular flexibility index (Phi) is 6.80. The average molecular weight is 347 g/mol. The molecule has 5 atom stereocenters. The van der Waals surface area contributed by atoms with Crippen LogP contribution in [0.25, 0.3) is 0 Å². The van der Waals surface area contributed by atoms with E-state index in [0.29, 0.717) is 0 Å². The van der Waals surface area contributed by atoms with Crippen LogP contribution < -0.4 is 0 Å². The van der Waals surface area contributed by atoms with E-state index in [9.17, 15) is 23.7 Å². The zero-order valence-corrected chi connectivity index (χ0v) is 12.6. The van der Waals surface area contributed by atoms with Gasteiger partial charge in [-0.25, -0.2) is 4.28 Å². The van der Waals surface area contributed by atoms with E-state index in [0.717, 1.165) is 11.8 Å². The molecule has 10 nitrogen and oxygen atoms in total. The quantitative estimate of drug-likeness (QED) is 0.163. The Morgan fingerprint density at radius 3 is 2.38 bits per heavy atom. The maximum absolute atomic E-state index is 10.4. The van der Waals surface area contributed by atoms with Crippen LogP contribution in [0.15, 0.2) is 5.16 Å². The molecule has 0 aromatic rings. The summed E-state index contributed by atoms with van der Waals surface area (Å²) in [7, 11) is -4.75. The van der Waals surface area contributed by atoms with Crippen molar-refractivity contribution in [1.29, 1.82) is 0 Å². The Morgan fingerprint density at radius 2 is 1.90 bits per heavy atom. The zero-order valence-electron chi connectivity index (χ0n) is 10.9. The van der Waals surface area contributed by atoms with Gasteiger partial charge in [-0.1, -0.05) is 23.8 Å². The monoisotopic (exact) mass is 347 g/mol. The van der Waals surface area contributed by atoms with Crippen molar-refractivity contribution in [2.45, 2.75) is 43.2 Å². The number of nitrogens with zero attached hydrogens (tertiary/aromatic N) is 1. The van der Waals surface area contributed by atoms with Gasteiger partial charge in [-0.15, -0.1) is 0 Å². The predicted molar refractivity (Wildman–Crippen MR) is 71.7 cm³/mol. The van der Waals surface area contributed by atoms with Gasteiger partial charge in [0, 0.05) is 0 Å². The van der Waals surface area contributed by atoms with E-state index in [1.54, 1.807) is 6.92 Å². The lowest BCUT2D eigenvalue weighted by Gasteiger charge is -2.39. The van der Waals surface area contributed by atoms with Gasteiger partial charge in [-0.3, -0.25) is 4.55 Å². The first-order valence-corrected chi connectivity index (χ1v) is 8.14. The van der Waals surface area contributed by atoms with Crippen LogP contribution in [-0.4, -0.2) is 74.9 Å². The predicted octanol–water partition coefficient (Wildman–Crippen LogP) is -1.94. The van der Waals surface area contributed by atoms with Crippen molar-refractivity contribution in [1.82, 2.24) is 0 Å². The molecule has 1 aliphatic rings. The molecule has 0 saturated carbocycles. The third-order valence-corrected chi connectivity index (χ3v) is 4.16. The van der Waals surface area contributed by atoms with Crippen LogP contribution in [0.4, 0.5) is 0 Å². The topological polar surface area (TPSA) is 166 Å². The highest BCUT2D eigenvalue weighted by Gasteiger charge is 2.44. The first-order chi connectivity index (χ1) is 9.69. The van der Waals surface area contributed by atoms with Gasteiger partial charge in [0.25, 0.3) is 0 Å². The molecule has 0 radical (unpaired) electrons. The summed E-state index contributed by atoms with van der Waals surface area (Å²) in [5.74, 6) is 0. The average Bonchev–Trinajstić information content (AvgIpc) is 2.42. The fourth-order valence-electron chi connectivity index (χ4n) is 1.56. The maximum Gasteiger partial charge on any atom is 0.466 e. The molecule has 0 unspecified atom stereocenters. The molecule has 12 heteroatoms. The molecule has 0 aromatic heterocycles. The highest BCUT2D eigenvalue weighted by atomic mass is 32.3. The van der Waals surface area contributed by atoms with E-state index >= 15 is 0 Å². The summed E-state index contributed by atoms with van der Waals surface area (Å²) in [6, 6.07) is 0. The highest BCUT2D eigenvalue weighted by Crippen LogP contribution is 2.30. The molecule has 0 amide bonds. The molecule has 21 heavy (non-hydrogen) atoms. The van der Waals surface area contributed by atoms with Crippen LogP contribution in [0.1, 0.15) is 13.3 Å².